The van der Waals surface area contributed by atoms with Crippen molar-refractivity contribution in [1.29, 1.82) is 0 Å². The number of aromatic nitrogens is 2. The highest BCUT2D eigenvalue weighted by atomic mass is 32.1. The second-order valence-corrected chi connectivity index (χ2v) is 7.90. The quantitative estimate of drug-likeness (QED) is 0.632. The number of anilines is 1. The van der Waals surface area contributed by atoms with Crippen molar-refractivity contribution in [3.05, 3.63) is 59.6 Å². The SMILES string of the molecule is COc1ccccc1CCN1C[C@@H](C(=O)Nc2nc(-c3ccccn3)cs2)CC1=O. The predicted molar refractivity (Wildman–Crippen MR) is 115 cm³/mol. The average molecular weight is 423 g/mol. The molecule has 1 aliphatic heterocycles. The van der Waals surface area contributed by atoms with Crippen molar-refractivity contribution in [2.24, 2.45) is 5.92 Å². The van der Waals surface area contributed by atoms with Crippen LogP contribution in [0.15, 0.2) is 54.0 Å². The van der Waals surface area contributed by atoms with Crippen LogP contribution in [0.5, 0.6) is 5.75 Å². The second kappa shape index (κ2) is 9.04. The molecule has 1 saturated heterocycles. The molecule has 2 amide bonds. The summed E-state index contributed by atoms with van der Waals surface area (Å²) in [5.41, 5.74) is 2.52. The number of carbonyl (C=O) groups excluding carboxylic acids is 2. The van der Waals surface area contributed by atoms with E-state index in [-0.39, 0.29) is 24.2 Å². The van der Waals surface area contributed by atoms with Crippen LogP contribution in [0.3, 0.4) is 0 Å². The molecule has 1 aliphatic rings. The van der Waals surface area contributed by atoms with Crippen LogP contribution in [0.25, 0.3) is 11.4 Å². The molecule has 1 N–H and O–H groups in total. The molecule has 0 unspecified atom stereocenters. The fourth-order valence-corrected chi connectivity index (χ4v) is 4.21. The first kappa shape index (κ1) is 20.0. The number of thiazole rings is 1. The largest absolute Gasteiger partial charge is 0.496 e. The highest BCUT2D eigenvalue weighted by molar-refractivity contribution is 7.14. The van der Waals surface area contributed by atoms with E-state index in [1.54, 1.807) is 18.2 Å². The number of methoxy groups -OCH3 is 1. The van der Waals surface area contributed by atoms with E-state index in [2.05, 4.69) is 15.3 Å². The molecular formula is C22H22N4O3S. The van der Waals surface area contributed by atoms with Crippen LogP contribution < -0.4 is 10.1 Å². The van der Waals surface area contributed by atoms with E-state index < -0.39 is 0 Å². The molecule has 1 aromatic carbocycles. The average Bonchev–Trinajstić information content (AvgIpc) is 3.39. The molecule has 0 bridgehead atoms. The minimum absolute atomic E-state index is 0.00152. The molecule has 8 heteroatoms. The Balaban J connectivity index is 1.33. The van der Waals surface area contributed by atoms with Crippen molar-refractivity contribution in [3.8, 4) is 17.1 Å². The minimum atomic E-state index is -0.377. The number of rotatable bonds is 7. The Labute approximate surface area is 178 Å². The van der Waals surface area contributed by atoms with Crippen molar-refractivity contribution < 1.29 is 14.3 Å². The molecule has 0 radical (unpaired) electrons. The van der Waals surface area contributed by atoms with Gasteiger partial charge in [-0.2, -0.15) is 0 Å². The van der Waals surface area contributed by atoms with E-state index in [0.717, 1.165) is 22.7 Å². The molecule has 0 saturated carbocycles. The Bertz CT molecular complexity index is 1040. The van der Waals surface area contributed by atoms with Crippen LogP contribution in [0.1, 0.15) is 12.0 Å². The van der Waals surface area contributed by atoms with E-state index in [0.29, 0.717) is 24.6 Å². The normalized spacial score (nSPS) is 16.0. The minimum Gasteiger partial charge on any atom is -0.496 e. The fourth-order valence-electron chi connectivity index (χ4n) is 3.50. The molecule has 0 spiro atoms. The van der Waals surface area contributed by atoms with Gasteiger partial charge >= 0.3 is 0 Å². The molecule has 2 aromatic heterocycles. The number of hydrogen-bond acceptors (Lipinski definition) is 6. The summed E-state index contributed by atoms with van der Waals surface area (Å²) in [7, 11) is 1.64. The van der Waals surface area contributed by atoms with Gasteiger partial charge in [-0.25, -0.2) is 4.98 Å². The lowest BCUT2D eigenvalue weighted by Gasteiger charge is -2.17. The van der Waals surface area contributed by atoms with Crippen LogP contribution in [0, 0.1) is 5.92 Å². The van der Waals surface area contributed by atoms with Gasteiger partial charge < -0.3 is 15.0 Å². The summed E-state index contributed by atoms with van der Waals surface area (Å²) in [5.74, 6) is 0.256. The number of carbonyl (C=O) groups is 2. The lowest BCUT2D eigenvalue weighted by Crippen LogP contribution is -2.30. The Kier molecular flexibility index (Phi) is 6.04. The number of likely N-dealkylation sites (tertiary alicyclic amines) is 1. The van der Waals surface area contributed by atoms with Gasteiger partial charge in [0.25, 0.3) is 0 Å². The van der Waals surface area contributed by atoms with Crippen molar-refractivity contribution in [2.45, 2.75) is 12.8 Å². The van der Waals surface area contributed by atoms with Crippen molar-refractivity contribution in [3.63, 3.8) is 0 Å². The van der Waals surface area contributed by atoms with Gasteiger partial charge in [0.2, 0.25) is 11.8 Å². The maximum Gasteiger partial charge on any atom is 0.231 e. The van der Waals surface area contributed by atoms with Crippen LogP contribution >= 0.6 is 11.3 Å². The maximum atomic E-state index is 12.7. The maximum absolute atomic E-state index is 12.7. The zero-order valence-corrected chi connectivity index (χ0v) is 17.4. The highest BCUT2D eigenvalue weighted by Crippen LogP contribution is 2.26. The van der Waals surface area contributed by atoms with Crippen molar-refractivity contribution in [1.82, 2.24) is 14.9 Å². The molecule has 3 aromatic rings. The Morgan fingerprint density at radius 2 is 2.07 bits per heavy atom. The third kappa shape index (κ3) is 4.49. The molecule has 0 aliphatic carbocycles. The number of hydrogen-bond donors (Lipinski definition) is 1. The number of nitrogens with one attached hydrogen (secondary N) is 1. The zero-order chi connectivity index (χ0) is 20.9. The van der Waals surface area contributed by atoms with Gasteiger partial charge in [-0.3, -0.25) is 14.6 Å². The van der Waals surface area contributed by atoms with Crippen LogP contribution in [-0.4, -0.2) is 46.9 Å². The Morgan fingerprint density at radius 1 is 1.23 bits per heavy atom. The van der Waals surface area contributed by atoms with Gasteiger partial charge in [-0.1, -0.05) is 24.3 Å². The molecule has 7 nitrogen and oxygen atoms in total. The van der Waals surface area contributed by atoms with E-state index in [1.165, 1.54) is 11.3 Å². The topological polar surface area (TPSA) is 84.4 Å². The van der Waals surface area contributed by atoms with Crippen molar-refractivity contribution in [2.75, 3.05) is 25.5 Å². The summed E-state index contributed by atoms with van der Waals surface area (Å²) in [4.78, 5) is 35.5. The number of amides is 2. The smallest absolute Gasteiger partial charge is 0.231 e. The fraction of sp³-hybridized carbons (Fsp3) is 0.273. The van der Waals surface area contributed by atoms with E-state index in [1.807, 2.05) is 47.8 Å². The Hall–Kier alpha value is -3.26. The molecular weight excluding hydrogens is 400 g/mol. The summed E-state index contributed by atoms with van der Waals surface area (Å²) in [5, 5.41) is 5.22. The molecule has 1 fully saturated rings. The lowest BCUT2D eigenvalue weighted by molar-refractivity contribution is -0.128. The van der Waals surface area contributed by atoms with E-state index in [9.17, 15) is 9.59 Å². The van der Waals surface area contributed by atoms with E-state index in [4.69, 9.17) is 4.74 Å². The van der Waals surface area contributed by atoms with Gasteiger partial charge in [0, 0.05) is 31.1 Å². The first-order valence-corrected chi connectivity index (χ1v) is 10.6. The summed E-state index contributed by atoms with van der Waals surface area (Å²) in [6.07, 6.45) is 2.61. The number of benzene rings is 1. The second-order valence-electron chi connectivity index (χ2n) is 7.04. The monoisotopic (exact) mass is 422 g/mol. The first-order chi connectivity index (χ1) is 14.6. The van der Waals surface area contributed by atoms with Gasteiger partial charge in [-0.05, 0) is 30.2 Å². The summed E-state index contributed by atoms with van der Waals surface area (Å²) in [6, 6.07) is 13.4. The standard InChI is InChI=1S/C22H22N4O3S/c1-29-19-8-3-2-6-15(19)9-11-26-13-16(12-20(26)27)21(28)25-22-24-18(14-30-22)17-7-4-5-10-23-17/h2-8,10,14,16H,9,11-13H2,1H3,(H,24,25,28)/t16-/m0/s1. The number of nitrogens with zero attached hydrogens (tertiary/aromatic N) is 3. The summed E-state index contributed by atoms with van der Waals surface area (Å²) >= 11 is 1.35. The summed E-state index contributed by atoms with van der Waals surface area (Å²) in [6.45, 7) is 0.975. The number of para-hydroxylation sites is 1. The number of ether oxygens (including phenoxy) is 1. The van der Waals surface area contributed by atoms with E-state index >= 15 is 0 Å². The van der Waals surface area contributed by atoms with Gasteiger partial charge in [0.05, 0.1) is 18.7 Å². The lowest BCUT2D eigenvalue weighted by atomic mass is 10.1. The van der Waals surface area contributed by atoms with Crippen LogP contribution in [0.4, 0.5) is 5.13 Å². The van der Waals surface area contributed by atoms with Crippen molar-refractivity contribution >= 4 is 28.3 Å². The number of pyridine rings is 1. The van der Waals surface area contributed by atoms with Gasteiger partial charge in [0.15, 0.2) is 5.13 Å². The predicted octanol–water partition coefficient (Wildman–Crippen LogP) is 3.24. The van der Waals surface area contributed by atoms with Gasteiger partial charge in [-0.15, -0.1) is 11.3 Å². The summed E-state index contributed by atoms with van der Waals surface area (Å²) < 4.78 is 5.37. The van der Waals surface area contributed by atoms with Crippen LogP contribution in [-0.2, 0) is 16.0 Å². The Morgan fingerprint density at radius 3 is 2.87 bits per heavy atom. The molecule has 1 atom stereocenters. The van der Waals surface area contributed by atoms with Crippen LogP contribution in [0.2, 0.25) is 0 Å². The zero-order valence-electron chi connectivity index (χ0n) is 16.6. The molecule has 154 valence electrons. The highest BCUT2D eigenvalue weighted by Gasteiger charge is 2.34. The molecule has 4 rings (SSSR count). The third-order valence-electron chi connectivity index (χ3n) is 5.09. The third-order valence-corrected chi connectivity index (χ3v) is 5.85. The molecule has 30 heavy (non-hydrogen) atoms. The molecule has 3 heterocycles. The first-order valence-electron chi connectivity index (χ1n) is 9.71. The van der Waals surface area contributed by atoms with Gasteiger partial charge in [0.1, 0.15) is 11.4 Å².